The molecule has 2 aliphatic rings. The van der Waals surface area contributed by atoms with Gasteiger partial charge in [0.05, 0.1) is 6.61 Å². The summed E-state index contributed by atoms with van der Waals surface area (Å²) < 4.78 is 5.51. The topological polar surface area (TPSA) is 54.5 Å². The van der Waals surface area contributed by atoms with Gasteiger partial charge >= 0.3 is 0 Å². The van der Waals surface area contributed by atoms with Crippen molar-refractivity contribution in [1.29, 1.82) is 0 Å². The van der Waals surface area contributed by atoms with Crippen molar-refractivity contribution in [2.45, 2.75) is 51.6 Å². The van der Waals surface area contributed by atoms with Crippen LogP contribution < -0.4 is 10.1 Å². The molecule has 0 bridgehead atoms. The van der Waals surface area contributed by atoms with E-state index in [4.69, 9.17) is 4.74 Å². The van der Waals surface area contributed by atoms with Crippen molar-refractivity contribution in [3.63, 3.8) is 0 Å². The zero-order chi connectivity index (χ0) is 16.1. The van der Waals surface area contributed by atoms with E-state index >= 15 is 0 Å². The number of nitrogens with one attached hydrogen (secondary N) is 1. The molecule has 2 heterocycles. The van der Waals surface area contributed by atoms with Crippen LogP contribution in [0.5, 0.6) is 5.88 Å². The van der Waals surface area contributed by atoms with Gasteiger partial charge in [-0.15, -0.1) is 0 Å². The number of carbonyl (C=O) groups is 1. The van der Waals surface area contributed by atoms with Crippen LogP contribution in [0.15, 0.2) is 18.3 Å². The predicted octanol–water partition coefficient (Wildman–Crippen LogP) is 2.36. The van der Waals surface area contributed by atoms with Gasteiger partial charge in [0.2, 0.25) is 11.8 Å². The van der Waals surface area contributed by atoms with E-state index < -0.39 is 0 Å². The third kappa shape index (κ3) is 4.44. The highest BCUT2D eigenvalue weighted by atomic mass is 16.5. The molecular weight excluding hydrogens is 290 g/mol. The van der Waals surface area contributed by atoms with Crippen LogP contribution in [0, 0.1) is 5.92 Å². The average molecular weight is 317 g/mol. The number of amides is 1. The number of likely N-dealkylation sites (tertiary alicyclic amines) is 1. The van der Waals surface area contributed by atoms with Crippen LogP contribution in [-0.4, -0.2) is 41.5 Å². The molecule has 0 spiro atoms. The second-order valence-electron chi connectivity index (χ2n) is 6.71. The molecule has 0 radical (unpaired) electrons. The van der Waals surface area contributed by atoms with E-state index in [1.165, 1.54) is 12.0 Å². The number of carbonyl (C=O) groups excluding carboxylic acids is 1. The highest BCUT2D eigenvalue weighted by molar-refractivity contribution is 5.79. The monoisotopic (exact) mass is 317 g/mol. The van der Waals surface area contributed by atoms with Crippen LogP contribution in [0.2, 0.25) is 0 Å². The summed E-state index contributed by atoms with van der Waals surface area (Å²) >= 11 is 0. The van der Waals surface area contributed by atoms with E-state index in [-0.39, 0.29) is 11.8 Å². The number of rotatable bonds is 7. The van der Waals surface area contributed by atoms with Gasteiger partial charge in [-0.1, -0.05) is 19.4 Å². The third-order valence-corrected chi connectivity index (χ3v) is 4.75. The molecule has 5 heteroatoms. The van der Waals surface area contributed by atoms with Gasteiger partial charge < -0.3 is 10.1 Å². The van der Waals surface area contributed by atoms with Gasteiger partial charge in [0, 0.05) is 43.9 Å². The molecule has 1 N–H and O–H groups in total. The molecule has 1 aromatic rings. The summed E-state index contributed by atoms with van der Waals surface area (Å²) in [6.07, 6.45) is 7.28. The standard InChI is InChI=1S/C18H27N3O2/c1-2-10-23-17-7-6-14(11-19-17)12-21-9-8-16(13-21)20-18(22)15-4-3-5-15/h6-7,11,15-16H,2-5,8-10,12-13H2,1H3,(H,20,22)/t16-/m0/s1. The molecule has 1 atom stereocenters. The van der Waals surface area contributed by atoms with Crippen LogP contribution in [0.4, 0.5) is 0 Å². The zero-order valence-electron chi connectivity index (χ0n) is 14.0. The molecule has 1 amide bonds. The first kappa shape index (κ1) is 16.2. The molecule has 1 aromatic heterocycles. The molecule has 2 fully saturated rings. The van der Waals surface area contributed by atoms with Gasteiger partial charge in [-0.2, -0.15) is 0 Å². The van der Waals surface area contributed by atoms with Crippen molar-refractivity contribution in [2.75, 3.05) is 19.7 Å². The molecule has 23 heavy (non-hydrogen) atoms. The number of pyridine rings is 1. The SMILES string of the molecule is CCCOc1ccc(CN2CC[C@H](NC(=O)C3CCC3)C2)cn1. The quantitative estimate of drug-likeness (QED) is 0.839. The van der Waals surface area contributed by atoms with E-state index in [1.54, 1.807) is 0 Å². The minimum atomic E-state index is 0.266. The fourth-order valence-electron chi connectivity index (χ4n) is 3.14. The highest BCUT2D eigenvalue weighted by Crippen LogP contribution is 2.26. The average Bonchev–Trinajstić information content (AvgIpc) is 2.91. The predicted molar refractivity (Wildman–Crippen MR) is 89.2 cm³/mol. The van der Waals surface area contributed by atoms with Gasteiger partial charge in [0.15, 0.2) is 0 Å². The molecule has 1 saturated carbocycles. The van der Waals surface area contributed by atoms with Crippen molar-refractivity contribution < 1.29 is 9.53 Å². The largest absolute Gasteiger partial charge is 0.478 e. The summed E-state index contributed by atoms with van der Waals surface area (Å²) in [7, 11) is 0. The Hall–Kier alpha value is -1.62. The van der Waals surface area contributed by atoms with E-state index in [1.807, 2.05) is 12.3 Å². The van der Waals surface area contributed by atoms with Gasteiger partial charge in [0.1, 0.15) is 0 Å². The molecule has 0 unspecified atom stereocenters. The first-order chi connectivity index (χ1) is 11.2. The van der Waals surface area contributed by atoms with Crippen LogP contribution >= 0.6 is 0 Å². The number of ether oxygens (including phenoxy) is 1. The Morgan fingerprint density at radius 3 is 2.91 bits per heavy atom. The van der Waals surface area contributed by atoms with E-state index in [0.717, 1.165) is 45.3 Å². The van der Waals surface area contributed by atoms with Crippen LogP contribution in [-0.2, 0) is 11.3 Å². The maximum absolute atomic E-state index is 12.0. The lowest BCUT2D eigenvalue weighted by atomic mass is 9.84. The minimum absolute atomic E-state index is 0.266. The van der Waals surface area contributed by atoms with Gasteiger partial charge in [0.25, 0.3) is 0 Å². The van der Waals surface area contributed by atoms with Crippen molar-refractivity contribution in [2.24, 2.45) is 5.92 Å². The smallest absolute Gasteiger partial charge is 0.223 e. The molecule has 0 aromatic carbocycles. The van der Waals surface area contributed by atoms with Crippen LogP contribution in [0.25, 0.3) is 0 Å². The maximum atomic E-state index is 12.0. The fraction of sp³-hybridized carbons (Fsp3) is 0.667. The van der Waals surface area contributed by atoms with E-state index in [2.05, 4.69) is 28.2 Å². The normalized spacial score (nSPS) is 21.9. The zero-order valence-corrected chi connectivity index (χ0v) is 14.0. The third-order valence-electron chi connectivity index (χ3n) is 4.75. The molecule has 1 aliphatic heterocycles. The molecule has 1 saturated heterocycles. The lowest BCUT2D eigenvalue weighted by molar-refractivity contribution is -0.128. The van der Waals surface area contributed by atoms with Gasteiger partial charge in [-0.05, 0) is 31.2 Å². The highest BCUT2D eigenvalue weighted by Gasteiger charge is 2.29. The van der Waals surface area contributed by atoms with E-state index in [0.29, 0.717) is 18.5 Å². The van der Waals surface area contributed by atoms with Crippen LogP contribution in [0.1, 0.15) is 44.6 Å². The molecular formula is C18H27N3O2. The summed E-state index contributed by atoms with van der Waals surface area (Å²) in [4.78, 5) is 18.7. The first-order valence-corrected chi connectivity index (χ1v) is 8.85. The van der Waals surface area contributed by atoms with Gasteiger partial charge in [-0.3, -0.25) is 9.69 Å². The summed E-state index contributed by atoms with van der Waals surface area (Å²) in [6.45, 7) is 5.65. The second-order valence-corrected chi connectivity index (χ2v) is 6.71. The Morgan fingerprint density at radius 2 is 2.26 bits per heavy atom. The molecule has 126 valence electrons. The van der Waals surface area contributed by atoms with Gasteiger partial charge in [-0.25, -0.2) is 4.98 Å². The maximum Gasteiger partial charge on any atom is 0.223 e. The van der Waals surface area contributed by atoms with Crippen molar-refractivity contribution in [1.82, 2.24) is 15.2 Å². The van der Waals surface area contributed by atoms with E-state index in [9.17, 15) is 4.79 Å². The Bertz CT molecular complexity index is 514. The summed E-state index contributed by atoms with van der Waals surface area (Å²) in [5.41, 5.74) is 1.19. The number of nitrogens with zero attached hydrogens (tertiary/aromatic N) is 2. The Balaban J connectivity index is 1.43. The fourth-order valence-corrected chi connectivity index (χ4v) is 3.14. The number of hydrogen-bond acceptors (Lipinski definition) is 4. The Labute approximate surface area is 138 Å². The lowest BCUT2D eigenvalue weighted by Gasteiger charge is -2.26. The second kappa shape index (κ2) is 7.77. The summed E-state index contributed by atoms with van der Waals surface area (Å²) in [5.74, 6) is 1.24. The lowest BCUT2D eigenvalue weighted by Crippen LogP contribution is -2.42. The minimum Gasteiger partial charge on any atom is -0.478 e. The first-order valence-electron chi connectivity index (χ1n) is 8.85. The molecule has 5 nitrogen and oxygen atoms in total. The summed E-state index contributed by atoms with van der Waals surface area (Å²) in [6, 6.07) is 4.33. The van der Waals surface area contributed by atoms with Crippen LogP contribution in [0.3, 0.4) is 0 Å². The molecule has 1 aliphatic carbocycles. The molecule has 3 rings (SSSR count). The van der Waals surface area contributed by atoms with Crippen molar-refractivity contribution in [3.05, 3.63) is 23.9 Å². The van der Waals surface area contributed by atoms with Crippen molar-refractivity contribution in [3.8, 4) is 5.88 Å². The Kier molecular flexibility index (Phi) is 5.49. The number of aromatic nitrogens is 1. The van der Waals surface area contributed by atoms with Crippen molar-refractivity contribution >= 4 is 5.91 Å². The Morgan fingerprint density at radius 1 is 1.39 bits per heavy atom. The number of hydrogen-bond donors (Lipinski definition) is 1. The summed E-state index contributed by atoms with van der Waals surface area (Å²) in [5, 5.41) is 3.21.